The molecule has 0 radical (unpaired) electrons. The number of hydrogen-bond donors (Lipinski definition) is 2. The van der Waals surface area contributed by atoms with Gasteiger partial charge in [-0.3, -0.25) is 4.57 Å². The van der Waals surface area contributed by atoms with Gasteiger partial charge in [-0.05, 0) is 6.07 Å². The molecule has 2 saturated heterocycles. The summed E-state index contributed by atoms with van der Waals surface area (Å²) in [5.74, 6) is 0.181. The average Bonchev–Trinajstić information content (AvgIpc) is 2.81. The van der Waals surface area contributed by atoms with E-state index in [1.807, 2.05) is 0 Å². The largest absolute Gasteiger partial charge is 0.388 e. The Morgan fingerprint density at radius 1 is 1.59 bits per heavy atom. The standard InChI is InChI=1S/C10H13N3O4/c11-7-1-2-13(10(15)12-7)8-3-6-9(17-8)5(14)4-16-6/h1-2,5-6,8-9,14H,3-4H2,(H2,11,12,15)/t5-,6-,8-,9-/m1/s1. The van der Waals surface area contributed by atoms with E-state index in [9.17, 15) is 9.90 Å². The second-order valence-electron chi connectivity index (χ2n) is 4.27. The van der Waals surface area contributed by atoms with E-state index < -0.39 is 18.0 Å². The lowest BCUT2D eigenvalue weighted by molar-refractivity contribution is -0.0490. The zero-order valence-electron chi connectivity index (χ0n) is 9.02. The van der Waals surface area contributed by atoms with Gasteiger partial charge in [0.15, 0.2) is 0 Å². The minimum absolute atomic E-state index is 0.153. The quantitative estimate of drug-likeness (QED) is 0.643. The molecule has 3 rings (SSSR count). The van der Waals surface area contributed by atoms with Crippen LogP contribution < -0.4 is 11.4 Å². The minimum Gasteiger partial charge on any atom is -0.388 e. The van der Waals surface area contributed by atoms with Crippen LogP contribution in [0, 0.1) is 0 Å². The zero-order chi connectivity index (χ0) is 12.0. The van der Waals surface area contributed by atoms with E-state index in [1.165, 1.54) is 10.6 Å². The number of ether oxygens (including phenoxy) is 2. The molecule has 0 spiro atoms. The van der Waals surface area contributed by atoms with Crippen LogP contribution in [0.15, 0.2) is 17.1 Å². The summed E-state index contributed by atoms with van der Waals surface area (Å²) in [5.41, 5.74) is 4.96. The topological polar surface area (TPSA) is 99.6 Å². The molecule has 2 aliphatic rings. The van der Waals surface area contributed by atoms with Crippen molar-refractivity contribution in [3.63, 3.8) is 0 Å². The Hall–Kier alpha value is -1.44. The molecule has 2 fully saturated rings. The van der Waals surface area contributed by atoms with Gasteiger partial charge in [0, 0.05) is 12.6 Å². The van der Waals surface area contributed by atoms with Crippen molar-refractivity contribution in [3.05, 3.63) is 22.7 Å². The summed E-state index contributed by atoms with van der Waals surface area (Å²) < 4.78 is 12.3. The number of aliphatic hydroxyl groups is 1. The molecule has 0 bridgehead atoms. The van der Waals surface area contributed by atoms with E-state index in [0.717, 1.165) is 0 Å². The van der Waals surface area contributed by atoms with Crippen LogP contribution in [0.3, 0.4) is 0 Å². The lowest BCUT2D eigenvalue weighted by atomic mass is 10.1. The Kier molecular flexibility index (Phi) is 2.39. The van der Waals surface area contributed by atoms with Gasteiger partial charge in [-0.2, -0.15) is 4.98 Å². The van der Waals surface area contributed by atoms with Crippen LogP contribution in [0.2, 0.25) is 0 Å². The smallest absolute Gasteiger partial charge is 0.351 e. The molecule has 1 aromatic heterocycles. The predicted molar refractivity (Wildman–Crippen MR) is 57.2 cm³/mol. The number of aliphatic hydroxyl groups excluding tert-OH is 1. The van der Waals surface area contributed by atoms with Gasteiger partial charge < -0.3 is 20.3 Å². The van der Waals surface area contributed by atoms with Crippen LogP contribution in [0.4, 0.5) is 5.82 Å². The number of nitrogen functional groups attached to an aromatic ring is 1. The monoisotopic (exact) mass is 239 g/mol. The number of nitrogens with zero attached hydrogens (tertiary/aromatic N) is 2. The minimum atomic E-state index is -0.623. The van der Waals surface area contributed by atoms with Crippen LogP contribution in [0.25, 0.3) is 0 Å². The Morgan fingerprint density at radius 3 is 3.12 bits per heavy atom. The number of fused-ring (bicyclic) bond motifs is 1. The molecule has 3 N–H and O–H groups in total. The predicted octanol–water partition coefficient (Wildman–Crippen LogP) is -1.13. The Balaban J connectivity index is 1.85. The van der Waals surface area contributed by atoms with Gasteiger partial charge in [-0.1, -0.05) is 0 Å². The molecule has 0 amide bonds. The number of aromatic nitrogens is 2. The summed E-state index contributed by atoms with van der Waals surface area (Å²) in [6, 6.07) is 1.54. The van der Waals surface area contributed by atoms with Crippen LogP contribution in [-0.4, -0.2) is 39.6 Å². The van der Waals surface area contributed by atoms with Crippen molar-refractivity contribution in [3.8, 4) is 0 Å². The molecule has 3 heterocycles. The van der Waals surface area contributed by atoms with Gasteiger partial charge in [0.25, 0.3) is 0 Å². The summed E-state index contributed by atoms with van der Waals surface area (Å²) in [5, 5.41) is 9.60. The Bertz CT molecular complexity index is 489. The van der Waals surface area contributed by atoms with E-state index in [4.69, 9.17) is 15.2 Å². The first kappa shape index (κ1) is 10.7. The van der Waals surface area contributed by atoms with Crippen LogP contribution in [0.1, 0.15) is 12.6 Å². The van der Waals surface area contributed by atoms with Gasteiger partial charge in [0.05, 0.1) is 12.7 Å². The summed E-state index contributed by atoms with van der Waals surface area (Å²) in [4.78, 5) is 15.2. The summed E-state index contributed by atoms with van der Waals surface area (Å²) >= 11 is 0. The third-order valence-corrected chi connectivity index (χ3v) is 3.14. The molecular weight excluding hydrogens is 226 g/mol. The molecule has 2 aliphatic heterocycles. The third kappa shape index (κ3) is 1.72. The molecule has 0 unspecified atom stereocenters. The van der Waals surface area contributed by atoms with Gasteiger partial charge in [-0.15, -0.1) is 0 Å². The van der Waals surface area contributed by atoms with Crippen LogP contribution in [0.5, 0.6) is 0 Å². The highest BCUT2D eigenvalue weighted by atomic mass is 16.6. The van der Waals surface area contributed by atoms with Crippen LogP contribution >= 0.6 is 0 Å². The molecule has 0 aromatic carbocycles. The van der Waals surface area contributed by atoms with E-state index in [0.29, 0.717) is 6.42 Å². The second kappa shape index (κ2) is 3.80. The Labute approximate surface area is 96.8 Å². The number of nitrogens with two attached hydrogens (primary N) is 1. The van der Waals surface area contributed by atoms with Gasteiger partial charge >= 0.3 is 5.69 Å². The highest BCUT2D eigenvalue weighted by Gasteiger charge is 2.46. The van der Waals surface area contributed by atoms with Crippen molar-refractivity contribution in [2.45, 2.75) is 31.0 Å². The molecule has 1 aromatic rings. The Morgan fingerprint density at radius 2 is 2.41 bits per heavy atom. The van der Waals surface area contributed by atoms with Crippen molar-refractivity contribution in [2.24, 2.45) is 0 Å². The lowest BCUT2D eigenvalue weighted by Gasteiger charge is -2.16. The molecule has 0 aliphatic carbocycles. The summed E-state index contributed by atoms with van der Waals surface area (Å²) in [6.07, 6.45) is 0.502. The molecule has 0 saturated carbocycles. The molecular formula is C10H13N3O4. The van der Waals surface area contributed by atoms with Crippen molar-refractivity contribution >= 4 is 5.82 Å². The fourth-order valence-corrected chi connectivity index (χ4v) is 2.30. The third-order valence-electron chi connectivity index (χ3n) is 3.14. The summed E-state index contributed by atoms with van der Waals surface area (Å²) in [6.45, 7) is 0.289. The van der Waals surface area contributed by atoms with Gasteiger partial charge in [0.2, 0.25) is 0 Å². The first-order chi connectivity index (χ1) is 8.15. The van der Waals surface area contributed by atoms with Crippen molar-refractivity contribution in [1.29, 1.82) is 0 Å². The lowest BCUT2D eigenvalue weighted by Crippen LogP contribution is -2.30. The van der Waals surface area contributed by atoms with Crippen molar-refractivity contribution in [2.75, 3.05) is 12.3 Å². The zero-order valence-corrected chi connectivity index (χ0v) is 9.02. The number of rotatable bonds is 1. The molecule has 4 atom stereocenters. The van der Waals surface area contributed by atoms with Crippen LogP contribution in [-0.2, 0) is 9.47 Å². The molecule has 7 heteroatoms. The first-order valence-corrected chi connectivity index (χ1v) is 5.45. The number of hydrogen-bond acceptors (Lipinski definition) is 6. The van der Waals surface area contributed by atoms with Gasteiger partial charge in [-0.25, -0.2) is 4.79 Å². The van der Waals surface area contributed by atoms with E-state index in [2.05, 4.69) is 4.98 Å². The maximum absolute atomic E-state index is 11.6. The summed E-state index contributed by atoms with van der Waals surface area (Å²) in [7, 11) is 0. The number of anilines is 1. The molecule has 7 nitrogen and oxygen atoms in total. The average molecular weight is 239 g/mol. The highest BCUT2D eigenvalue weighted by molar-refractivity contribution is 5.23. The second-order valence-corrected chi connectivity index (χ2v) is 4.27. The maximum atomic E-state index is 11.6. The van der Waals surface area contributed by atoms with Gasteiger partial charge in [0.1, 0.15) is 24.3 Å². The molecule has 17 heavy (non-hydrogen) atoms. The van der Waals surface area contributed by atoms with Crippen molar-refractivity contribution < 1.29 is 14.6 Å². The first-order valence-electron chi connectivity index (χ1n) is 5.45. The SMILES string of the molecule is Nc1ccn([C@H]2C[C@H]3OC[C@@H](O)[C@H]3O2)c(=O)n1. The highest BCUT2D eigenvalue weighted by Crippen LogP contribution is 2.35. The van der Waals surface area contributed by atoms with Crippen molar-refractivity contribution in [1.82, 2.24) is 9.55 Å². The fraction of sp³-hybridized carbons (Fsp3) is 0.600. The van der Waals surface area contributed by atoms with E-state index >= 15 is 0 Å². The normalized spacial score (nSPS) is 36.1. The fourth-order valence-electron chi connectivity index (χ4n) is 2.30. The molecule has 92 valence electrons. The van der Waals surface area contributed by atoms with E-state index in [-0.39, 0.29) is 24.6 Å². The van der Waals surface area contributed by atoms with E-state index in [1.54, 1.807) is 6.20 Å². The maximum Gasteiger partial charge on any atom is 0.351 e.